The summed E-state index contributed by atoms with van der Waals surface area (Å²) in [5.41, 5.74) is 1.43. The summed E-state index contributed by atoms with van der Waals surface area (Å²) in [6, 6.07) is 17.9. The van der Waals surface area contributed by atoms with E-state index in [1.165, 1.54) is 0 Å². The van der Waals surface area contributed by atoms with E-state index < -0.39 is 5.60 Å². The number of hydrogen-bond acceptors (Lipinski definition) is 3. The third kappa shape index (κ3) is 5.04. The molecule has 1 aliphatic rings. The number of nitrogens with zero attached hydrogens (tertiary/aromatic N) is 2. The van der Waals surface area contributed by atoms with E-state index in [0.29, 0.717) is 25.9 Å². The molecule has 2 unspecified atom stereocenters. The van der Waals surface area contributed by atoms with Crippen LogP contribution in [0.15, 0.2) is 59.1 Å². The number of cyclic esters (lactones) is 1. The summed E-state index contributed by atoms with van der Waals surface area (Å²) >= 11 is 3.46. The van der Waals surface area contributed by atoms with Gasteiger partial charge in [0.05, 0.1) is 6.04 Å². The van der Waals surface area contributed by atoms with Gasteiger partial charge in [-0.2, -0.15) is 0 Å². The third-order valence-electron chi connectivity index (χ3n) is 6.01. The molecule has 30 heavy (non-hydrogen) atoms. The van der Waals surface area contributed by atoms with Crippen LogP contribution < -0.4 is 0 Å². The molecule has 6 heteroatoms. The number of amides is 2. The molecule has 0 spiro atoms. The minimum absolute atomic E-state index is 0.0406. The fourth-order valence-corrected chi connectivity index (χ4v) is 4.23. The van der Waals surface area contributed by atoms with Crippen molar-refractivity contribution in [2.75, 3.05) is 20.1 Å². The highest BCUT2D eigenvalue weighted by Crippen LogP contribution is 2.40. The summed E-state index contributed by atoms with van der Waals surface area (Å²) in [5.74, 6) is 0.0406. The minimum Gasteiger partial charge on any atom is -0.438 e. The van der Waals surface area contributed by atoms with E-state index in [1.54, 1.807) is 23.8 Å². The Kier molecular flexibility index (Phi) is 7.19. The Morgan fingerprint density at radius 1 is 1.20 bits per heavy atom. The van der Waals surface area contributed by atoms with Crippen molar-refractivity contribution in [2.24, 2.45) is 0 Å². The van der Waals surface area contributed by atoms with E-state index in [2.05, 4.69) is 15.9 Å². The van der Waals surface area contributed by atoms with Gasteiger partial charge in [0, 0.05) is 38.0 Å². The van der Waals surface area contributed by atoms with Gasteiger partial charge >= 0.3 is 6.09 Å². The van der Waals surface area contributed by atoms with Crippen LogP contribution in [0.3, 0.4) is 0 Å². The van der Waals surface area contributed by atoms with Gasteiger partial charge in [-0.05, 0) is 43.0 Å². The SMILES string of the molecule is CC(=O)N(C)CCCC1(c2ccccc2)CCN(C(C)c2ccc(Br)cc2)C(=O)O1. The smallest absolute Gasteiger partial charge is 0.411 e. The monoisotopic (exact) mass is 472 g/mol. The van der Waals surface area contributed by atoms with Crippen LogP contribution >= 0.6 is 15.9 Å². The first-order valence-electron chi connectivity index (χ1n) is 10.3. The van der Waals surface area contributed by atoms with Crippen molar-refractivity contribution in [3.63, 3.8) is 0 Å². The van der Waals surface area contributed by atoms with Gasteiger partial charge in [-0.1, -0.05) is 58.4 Å². The fourth-order valence-electron chi connectivity index (χ4n) is 3.97. The number of benzene rings is 2. The lowest BCUT2D eigenvalue weighted by molar-refractivity contribution is -0.128. The lowest BCUT2D eigenvalue weighted by Gasteiger charge is -2.44. The molecule has 5 nitrogen and oxygen atoms in total. The van der Waals surface area contributed by atoms with Crippen LogP contribution in [0.2, 0.25) is 0 Å². The molecule has 160 valence electrons. The molecule has 0 radical (unpaired) electrons. The summed E-state index contributed by atoms with van der Waals surface area (Å²) in [6.45, 7) is 4.85. The van der Waals surface area contributed by atoms with Gasteiger partial charge < -0.3 is 14.5 Å². The maximum absolute atomic E-state index is 13.1. The number of carbonyl (C=O) groups is 2. The van der Waals surface area contributed by atoms with Crippen molar-refractivity contribution in [1.29, 1.82) is 0 Å². The van der Waals surface area contributed by atoms with E-state index in [9.17, 15) is 9.59 Å². The Morgan fingerprint density at radius 3 is 2.47 bits per heavy atom. The highest BCUT2D eigenvalue weighted by molar-refractivity contribution is 9.10. The average Bonchev–Trinajstić information content (AvgIpc) is 2.74. The van der Waals surface area contributed by atoms with E-state index >= 15 is 0 Å². The summed E-state index contributed by atoms with van der Waals surface area (Å²) in [5, 5.41) is 0. The molecule has 2 aromatic carbocycles. The van der Waals surface area contributed by atoms with E-state index in [1.807, 2.05) is 61.5 Å². The molecule has 1 saturated heterocycles. The number of carbonyl (C=O) groups excluding carboxylic acids is 2. The van der Waals surface area contributed by atoms with Crippen molar-refractivity contribution >= 4 is 27.9 Å². The standard InChI is InChI=1S/C24H29BrN2O3/c1-18(20-10-12-22(25)13-11-20)27-17-15-24(30-23(27)29,21-8-5-4-6-9-21)14-7-16-26(3)19(2)28/h4-6,8-13,18H,7,14-17H2,1-3H3. The van der Waals surface area contributed by atoms with Gasteiger partial charge in [-0.25, -0.2) is 4.79 Å². The maximum Gasteiger partial charge on any atom is 0.411 e. The van der Waals surface area contributed by atoms with Gasteiger partial charge in [-0.15, -0.1) is 0 Å². The predicted molar refractivity (Wildman–Crippen MR) is 121 cm³/mol. The molecule has 2 amide bonds. The number of rotatable bonds is 7. The first-order chi connectivity index (χ1) is 14.3. The third-order valence-corrected chi connectivity index (χ3v) is 6.53. The number of halogens is 1. The Morgan fingerprint density at radius 2 is 1.87 bits per heavy atom. The van der Waals surface area contributed by atoms with E-state index in [4.69, 9.17) is 4.74 Å². The van der Waals surface area contributed by atoms with Crippen LogP contribution in [0, 0.1) is 0 Å². The van der Waals surface area contributed by atoms with E-state index in [-0.39, 0.29) is 18.0 Å². The second kappa shape index (κ2) is 9.65. The molecule has 0 N–H and O–H groups in total. The fraction of sp³-hybridized carbons (Fsp3) is 0.417. The molecule has 0 aliphatic carbocycles. The predicted octanol–water partition coefficient (Wildman–Crippen LogP) is 5.51. The van der Waals surface area contributed by atoms with Crippen LogP contribution in [-0.2, 0) is 15.1 Å². The molecule has 0 bridgehead atoms. The molecule has 0 aromatic heterocycles. The van der Waals surface area contributed by atoms with E-state index in [0.717, 1.165) is 22.0 Å². The molecular weight excluding hydrogens is 444 g/mol. The number of hydrogen-bond donors (Lipinski definition) is 0. The largest absolute Gasteiger partial charge is 0.438 e. The molecule has 0 saturated carbocycles. The molecule has 2 atom stereocenters. The number of ether oxygens (including phenoxy) is 1. The Bertz CT molecular complexity index is 872. The van der Waals surface area contributed by atoms with Crippen molar-refractivity contribution in [3.8, 4) is 0 Å². The van der Waals surface area contributed by atoms with Crippen LogP contribution in [0.1, 0.15) is 50.3 Å². The van der Waals surface area contributed by atoms with Crippen molar-refractivity contribution in [3.05, 3.63) is 70.2 Å². The molecular formula is C24H29BrN2O3. The highest BCUT2D eigenvalue weighted by Gasteiger charge is 2.43. The molecule has 2 aromatic rings. The first-order valence-corrected chi connectivity index (χ1v) is 11.1. The van der Waals surface area contributed by atoms with Crippen LogP contribution in [-0.4, -0.2) is 41.9 Å². The quantitative estimate of drug-likeness (QED) is 0.533. The van der Waals surface area contributed by atoms with Gasteiger partial charge in [0.1, 0.15) is 5.60 Å². The highest BCUT2D eigenvalue weighted by atomic mass is 79.9. The normalized spacial score (nSPS) is 19.9. The lowest BCUT2D eigenvalue weighted by Crippen LogP contribution is -2.49. The molecule has 1 fully saturated rings. The van der Waals surface area contributed by atoms with Crippen molar-refractivity contribution < 1.29 is 14.3 Å². The Labute approximate surface area is 187 Å². The minimum atomic E-state index is -0.661. The maximum atomic E-state index is 13.1. The lowest BCUT2D eigenvalue weighted by atomic mass is 9.84. The zero-order chi connectivity index (χ0) is 21.7. The van der Waals surface area contributed by atoms with Gasteiger partial charge in [0.2, 0.25) is 5.91 Å². The second-order valence-corrected chi connectivity index (χ2v) is 8.86. The van der Waals surface area contributed by atoms with Crippen molar-refractivity contribution in [1.82, 2.24) is 9.80 Å². The van der Waals surface area contributed by atoms with Crippen molar-refractivity contribution in [2.45, 2.75) is 44.8 Å². The molecule has 3 rings (SSSR count). The average molecular weight is 473 g/mol. The van der Waals surface area contributed by atoms with Gasteiger partial charge in [-0.3, -0.25) is 4.79 Å². The van der Waals surface area contributed by atoms with Crippen LogP contribution in [0.4, 0.5) is 4.79 Å². The summed E-state index contributed by atoms with van der Waals surface area (Å²) in [4.78, 5) is 28.1. The second-order valence-electron chi connectivity index (χ2n) is 7.94. The summed E-state index contributed by atoms with van der Waals surface area (Å²) < 4.78 is 7.17. The molecule has 1 heterocycles. The Balaban J connectivity index is 1.76. The zero-order valence-corrected chi connectivity index (χ0v) is 19.4. The molecule has 1 aliphatic heterocycles. The summed E-state index contributed by atoms with van der Waals surface area (Å²) in [6.07, 6.45) is 1.87. The van der Waals surface area contributed by atoms with Gasteiger partial charge in [0.25, 0.3) is 0 Å². The Hall–Kier alpha value is -2.34. The summed E-state index contributed by atoms with van der Waals surface area (Å²) in [7, 11) is 1.80. The first kappa shape index (κ1) is 22.3. The topological polar surface area (TPSA) is 49.9 Å². The van der Waals surface area contributed by atoms with Crippen LogP contribution in [0.25, 0.3) is 0 Å². The van der Waals surface area contributed by atoms with Crippen LogP contribution in [0.5, 0.6) is 0 Å². The van der Waals surface area contributed by atoms with Gasteiger partial charge in [0.15, 0.2) is 0 Å². The zero-order valence-electron chi connectivity index (χ0n) is 17.8.